The lowest BCUT2D eigenvalue weighted by Crippen LogP contribution is -2.28. The molecule has 1 aliphatic rings. The molecule has 1 aromatic heterocycles. The molecule has 1 amide bonds. The van der Waals surface area contributed by atoms with Crippen LogP contribution in [0.3, 0.4) is 0 Å². The molecule has 0 aliphatic carbocycles. The average molecular weight is 242 g/mol. The first kappa shape index (κ1) is 11.3. The van der Waals surface area contributed by atoms with Crippen molar-refractivity contribution in [2.75, 3.05) is 13.1 Å². The quantitative estimate of drug-likeness (QED) is 0.863. The molecular formula is C15H18N2O. The van der Waals surface area contributed by atoms with Gasteiger partial charge in [-0.3, -0.25) is 4.79 Å². The molecule has 18 heavy (non-hydrogen) atoms. The van der Waals surface area contributed by atoms with Crippen molar-refractivity contribution < 1.29 is 4.79 Å². The highest BCUT2D eigenvalue weighted by Gasteiger charge is 2.19. The fourth-order valence-electron chi connectivity index (χ4n) is 2.69. The summed E-state index contributed by atoms with van der Waals surface area (Å²) in [6.07, 6.45) is 4.79. The Labute approximate surface area is 107 Å². The van der Waals surface area contributed by atoms with Gasteiger partial charge in [-0.1, -0.05) is 12.1 Å². The second-order valence-corrected chi connectivity index (χ2v) is 5.13. The van der Waals surface area contributed by atoms with Crippen LogP contribution in [-0.2, 0) is 11.2 Å². The van der Waals surface area contributed by atoms with Crippen molar-refractivity contribution in [2.45, 2.75) is 26.2 Å². The number of hydrogen-bond donors (Lipinski definition) is 1. The summed E-state index contributed by atoms with van der Waals surface area (Å²) in [6, 6.07) is 6.33. The number of carbonyl (C=O) groups is 1. The van der Waals surface area contributed by atoms with Crippen LogP contribution in [0.15, 0.2) is 24.4 Å². The van der Waals surface area contributed by atoms with E-state index < -0.39 is 0 Å². The molecule has 0 atom stereocenters. The van der Waals surface area contributed by atoms with E-state index in [1.807, 2.05) is 11.1 Å². The number of aromatic nitrogens is 1. The van der Waals surface area contributed by atoms with E-state index in [0.717, 1.165) is 37.0 Å². The minimum absolute atomic E-state index is 0.258. The topological polar surface area (TPSA) is 36.1 Å². The Morgan fingerprint density at radius 2 is 2.11 bits per heavy atom. The Kier molecular flexibility index (Phi) is 2.82. The maximum absolute atomic E-state index is 12.1. The number of nitrogens with zero attached hydrogens (tertiary/aromatic N) is 1. The summed E-state index contributed by atoms with van der Waals surface area (Å²) in [7, 11) is 0. The van der Waals surface area contributed by atoms with Gasteiger partial charge in [0.25, 0.3) is 0 Å². The molecule has 1 N–H and O–H groups in total. The van der Waals surface area contributed by atoms with Crippen molar-refractivity contribution in [3.05, 3.63) is 35.5 Å². The van der Waals surface area contributed by atoms with Crippen LogP contribution < -0.4 is 0 Å². The summed E-state index contributed by atoms with van der Waals surface area (Å²) < 4.78 is 0. The normalized spacial score (nSPS) is 15.5. The van der Waals surface area contributed by atoms with Crippen LogP contribution in [0.2, 0.25) is 0 Å². The number of nitrogens with one attached hydrogen (secondary N) is 1. The zero-order valence-corrected chi connectivity index (χ0v) is 10.7. The van der Waals surface area contributed by atoms with Crippen LogP contribution in [0, 0.1) is 6.92 Å². The molecule has 0 saturated carbocycles. The molecule has 1 saturated heterocycles. The van der Waals surface area contributed by atoms with Gasteiger partial charge in [-0.25, -0.2) is 0 Å². The van der Waals surface area contributed by atoms with Crippen molar-refractivity contribution in [2.24, 2.45) is 0 Å². The number of benzene rings is 1. The molecule has 0 bridgehead atoms. The van der Waals surface area contributed by atoms with E-state index in [9.17, 15) is 4.79 Å². The monoisotopic (exact) mass is 242 g/mol. The van der Waals surface area contributed by atoms with Crippen LogP contribution in [0.5, 0.6) is 0 Å². The standard InChI is InChI=1S/C15H18N2O/c1-11-4-5-13-12(10-16-14(13)8-11)9-15(18)17-6-2-3-7-17/h4-5,8,10,16H,2-3,6-7,9H2,1H3. The smallest absolute Gasteiger partial charge is 0.227 e. The predicted octanol–water partition coefficient (Wildman–Crippen LogP) is 2.64. The van der Waals surface area contributed by atoms with Crippen LogP contribution in [0.25, 0.3) is 10.9 Å². The Morgan fingerprint density at radius 1 is 1.33 bits per heavy atom. The lowest BCUT2D eigenvalue weighted by Gasteiger charge is -2.14. The summed E-state index contributed by atoms with van der Waals surface area (Å²) in [5.74, 6) is 0.258. The zero-order chi connectivity index (χ0) is 12.5. The van der Waals surface area contributed by atoms with Crippen molar-refractivity contribution in [1.29, 1.82) is 0 Å². The Hall–Kier alpha value is -1.77. The van der Waals surface area contributed by atoms with Crippen molar-refractivity contribution in [3.63, 3.8) is 0 Å². The Bertz CT molecular complexity index is 579. The third kappa shape index (κ3) is 2.01. The fraction of sp³-hybridized carbons (Fsp3) is 0.400. The minimum Gasteiger partial charge on any atom is -0.361 e. The number of hydrogen-bond acceptors (Lipinski definition) is 1. The van der Waals surface area contributed by atoms with Gasteiger partial charge in [-0.2, -0.15) is 0 Å². The fourth-order valence-corrected chi connectivity index (χ4v) is 2.69. The Morgan fingerprint density at radius 3 is 2.89 bits per heavy atom. The molecule has 3 heteroatoms. The van der Waals surface area contributed by atoms with Gasteiger partial charge >= 0.3 is 0 Å². The van der Waals surface area contributed by atoms with Gasteiger partial charge in [0, 0.05) is 30.2 Å². The summed E-state index contributed by atoms with van der Waals surface area (Å²) >= 11 is 0. The minimum atomic E-state index is 0.258. The van der Waals surface area contributed by atoms with Crippen molar-refractivity contribution in [3.8, 4) is 0 Å². The number of fused-ring (bicyclic) bond motifs is 1. The summed E-state index contributed by atoms with van der Waals surface area (Å²) in [4.78, 5) is 17.4. The van der Waals surface area contributed by atoms with E-state index in [1.165, 1.54) is 10.9 Å². The average Bonchev–Trinajstić information content (AvgIpc) is 2.98. The Balaban J connectivity index is 1.84. The number of aryl methyl sites for hydroxylation is 1. The SMILES string of the molecule is Cc1ccc2c(CC(=O)N3CCCC3)c[nH]c2c1. The van der Waals surface area contributed by atoms with Gasteiger partial charge in [-0.05, 0) is 37.0 Å². The highest BCUT2D eigenvalue weighted by molar-refractivity contribution is 5.89. The van der Waals surface area contributed by atoms with E-state index in [-0.39, 0.29) is 5.91 Å². The van der Waals surface area contributed by atoms with E-state index in [4.69, 9.17) is 0 Å². The van der Waals surface area contributed by atoms with Crippen molar-refractivity contribution in [1.82, 2.24) is 9.88 Å². The number of likely N-dealkylation sites (tertiary alicyclic amines) is 1. The van der Waals surface area contributed by atoms with Gasteiger partial charge in [0.05, 0.1) is 6.42 Å². The first-order chi connectivity index (χ1) is 8.74. The third-order valence-corrected chi connectivity index (χ3v) is 3.72. The molecule has 3 nitrogen and oxygen atoms in total. The second-order valence-electron chi connectivity index (χ2n) is 5.13. The number of H-pyrrole nitrogens is 1. The molecule has 1 fully saturated rings. The van der Waals surface area contributed by atoms with Crippen molar-refractivity contribution >= 4 is 16.8 Å². The molecule has 3 rings (SSSR count). The maximum Gasteiger partial charge on any atom is 0.227 e. The molecule has 0 spiro atoms. The predicted molar refractivity (Wildman–Crippen MR) is 72.6 cm³/mol. The maximum atomic E-state index is 12.1. The van der Waals surface area contributed by atoms with E-state index in [0.29, 0.717) is 6.42 Å². The van der Waals surface area contributed by atoms with E-state index in [2.05, 4.69) is 30.1 Å². The van der Waals surface area contributed by atoms with Gasteiger partial charge in [0.1, 0.15) is 0 Å². The molecule has 2 heterocycles. The first-order valence-electron chi connectivity index (χ1n) is 6.58. The largest absolute Gasteiger partial charge is 0.361 e. The van der Waals surface area contributed by atoms with E-state index in [1.54, 1.807) is 0 Å². The first-order valence-corrected chi connectivity index (χ1v) is 6.58. The van der Waals surface area contributed by atoms with Crippen LogP contribution in [0.4, 0.5) is 0 Å². The molecule has 94 valence electrons. The number of aromatic amines is 1. The highest BCUT2D eigenvalue weighted by Crippen LogP contribution is 2.21. The summed E-state index contributed by atoms with van der Waals surface area (Å²) in [6.45, 7) is 3.94. The molecular weight excluding hydrogens is 224 g/mol. The highest BCUT2D eigenvalue weighted by atomic mass is 16.2. The van der Waals surface area contributed by atoms with Gasteiger partial charge in [-0.15, -0.1) is 0 Å². The third-order valence-electron chi connectivity index (χ3n) is 3.72. The zero-order valence-electron chi connectivity index (χ0n) is 10.7. The van der Waals surface area contributed by atoms with Crippen LogP contribution in [-0.4, -0.2) is 28.9 Å². The lowest BCUT2D eigenvalue weighted by atomic mass is 10.1. The molecule has 0 unspecified atom stereocenters. The lowest BCUT2D eigenvalue weighted by molar-refractivity contribution is -0.129. The molecule has 1 aliphatic heterocycles. The van der Waals surface area contributed by atoms with Crippen LogP contribution in [0.1, 0.15) is 24.0 Å². The second kappa shape index (κ2) is 4.48. The number of carbonyl (C=O) groups excluding carboxylic acids is 1. The molecule has 2 aromatic rings. The van der Waals surface area contributed by atoms with Gasteiger partial charge < -0.3 is 9.88 Å². The van der Waals surface area contributed by atoms with Gasteiger partial charge in [0.15, 0.2) is 0 Å². The number of amides is 1. The van der Waals surface area contributed by atoms with E-state index >= 15 is 0 Å². The molecule has 1 aromatic carbocycles. The summed E-state index contributed by atoms with van der Waals surface area (Å²) in [5.41, 5.74) is 3.47. The van der Waals surface area contributed by atoms with Crippen LogP contribution >= 0.6 is 0 Å². The molecule has 0 radical (unpaired) electrons. The number of rotatable bonds is 2. The summed E-state index contributed by atoms with van der Waals surface area (Å²) in [5, 5.41) is 1.17. The van der Waals surface area contributed by atoms with Gasteiger partial charge in [0.2, 0.25) is 5.91 Å².